The molecule has 6 aromatic carbocycles. The molecule has 0 atom stereocenters. The molecule has 2 heterocycles. The average Bonchev–Trinajstić information content (AvgIpc) is 3.41. The number of rotatable bonds is 3. The van der Waals surface area contributed by atoms with E-state index >= 15 is 0 Å². The Hall–Kier alpha value is -4.64. The summed E-state index contributed by atoms with van der Waals surface area (Å²) in [5, 5.41) is 7.25. The fourth-order valence-corrected chi connectivity index (χ4v) is 7.15. The lowest BCUT2D eigenvalue weighted by Gasteiger charge is -2.14. The zero-order valence-electron chi connectivity index (χ0n) is 21.2. The Bertz CT molecular complexity index is 2230. The van der Waals surface area contributed by atoms with Gasteiger partial charge in [-0.1, -0.05) is 127 Å². The van der Waals surface area contributed by atoms with Crippen LogP contribution in [-0.2, 0) is 0 Å². The number of aromatic nitrogens is 3. The summed E-state index contributed by atoms with van der Waals surface area (Å²) in [6, 6.07) is 41.4. The van der Waals surface area contributed by atoms with E-state index in [9.17, 15) is 0 Å². The van der Waals surface area contributed by atoms with Crippen LogP contribution in [0.2, 0.25) is 5.02 Å². The summed E-state index contributed by atoms with van der Waals surface area (Å²) in [6.07, 6.45) is 0. The second-order valence-electron chi connectivity index (χ2n) is 9.74. The molecule has 0 bridgehead atoms. The molecule has 8 aromatic rings. The summed E-state index contributed by atoms with van der Waals surface area (Å²) in [5.41, 5.74) is 2.73. The Morgan fingerprint density at radius 3 is 1.98 bits per heavy atom. The van der Waals surface area contributed by atoms with Crippen LogP contribution >= 0.6 is 22.9 Å². The summed E-state index contributed by atoms with van der Waals surface area (Å²) in [5.74, 6) is 1.81. The predicted molar refractivity (Wildman–Crippen MR) is 169 cm³/mol. The van der Waals surface area contributed by atoms with E-state index in [0.29, 0.717) is 22.5 Å². The van der Waals surface area contributed by atoms with Crippen LogP contribution in [0.3, 0.4) is 0 Å². The van der Waals surface area contributed by atoms with Crippen molar-refractivity contribution in [3.8, 4) is 34.2 Å². The highest BCUT2D eigenvalue weighted by molar-refractivity contribution is 7.26. The van der Waals surface area contributed by atoms with Crippen molar-refractivity contribution in [3.63, 3.8) is 0 Å². The van der Waals surface area contributed by atoms with Gasteiger partial charge in [-0.3, -0.25) is 0 Å². The molecule has 2 aromatic heterocycles. The molecule has 0 amide bonds. The van der Waals surface area contributed by atoms with Gasteiger partial charge < -0.3 is 0 Å². The van der Waals surface area contributed by atoms with Crippen LogP contribution in [0.4, 0.5) is 0 Å². The highest BCUT2D eigenvalue weighted by Crippen LogP contribution is 2.48. The van der Waals surface area contributed by atoms with Crippen LogP contribution < -0.4 is 0 Å². The first-order chi connectivity index (χ1) is 19.8. The van der Waals surface area contributed by atoms with Crippen molar-refractivity contribution in [2.24, 2.45) is 0 Å². The molecule has 8 rings (SSSR count). The van der Waals surface area contributed by atoms with Crippen molar-refractivity contribution in [1.82, 2.24) is 15.0 Å². The predicted octanol–water partition coefficient (Wildman–Crippen LogP) is 10.2. The van der Waals surface area contributed by atoms with E-state index in [4.69, 9.17) is 26.6 Å². The van der Waals surface area contributed by atoms with Crippen LogP contribution in [0.25, 0.3) is 75.9 Å². The lowest BCUT2D eigenvalue weighted by Crippen LogP contribution is -2.01. The number of fused-ring (bicyclic) bond motifs is 6. The summed E-state index contributed by atoms with van der Waals surface area (Å²) < 4.78 is 2.39. The maximum atomic E-state index is 7.31. The van der Waals surface area contributed by atoms with E-state index in [1.165, 1.54) is 9.40 Å². The van der Waals surface area contributed by atoms with Gasteiger partial charge in [0.05, 0.1) is 5.02 Å². The van der Waals surface area contributed by atoms with Gasteiger partial charge in [-0.25, -0.2) is 15.0 Å². The molecular weight excluding hydrogens is 530 g/mol. The Kier molecular flexibility index (Phi) is 5.37. The van der Waals surface area contributed by atoms with E-state index < -0.39 is 0 Å². The standard InChI is InChI=1S/C35H20ClN3S/c36-31-24-16-6-7-17-25(24)32-29(27-18-8-9-20-28(27)40-32)30(31)35-38-33(22-12-2-1-3-13-22)37-34(39-35)26-19-10-14-21-11-4-5-15-23(21)26/h1-20H. The second kappa shape index (κ2) is 9.23. The molecule has 0 unspecified atom stereocenters. The van der Waals surface area contributed by atoms with E-state index in [1.54, 1.807) is 11.3 Å². The molecule has 0 radical (unpaired) electrons. The smallest absolute Gasteiger partial charge is 0.166 e. The summed E-state index contributed by atoms with van der Waals surface area (Å²) in [4.78, 5) is 15.2. The highest BCUT2D eigenvalue weighted by Gasteiger charge is 2.23. The quantitative estimate of drug-likeness (QED) is 0.220. The molecule has 0 fully saturated rings. The summed E-state index contributed by atoms with van der Waals surface area (Å²) >= 11 is 9.09. The third-order valence-electron chi connectivity index (χ3n) is 7.39. The first-order valence-electron chi connectivity index (χ1n) is 13.1. The van der Waals surface area contributed by atoms with Crippen molar-refractivity contribution in [2.45, 2.75) is 0 Å². The maximum Gasteiger partial charge on any atom is 0.166 e. The van der Waals surface area contributed by atoms with Crippen molar-refractivity contribution < 1.29 is 0 Å². The first kappa shape index (κ1) is 23.3. The van der Waals surface area contributed by atoms with Crippen molar-refractivity contribution >= 4 is 64.7 Å². The zero-order chi connectivity index (χ0) is 26.6. The van der Waals surface area contributed by atoms with Crippen LogP contribution in [0.1, 0.15) is 0 Å². The number of benzene rings is 6. The fraction of sp³-hybridized carbons (Fsp3) is 0. The van der Waals surface area contributed by atoms with Gasteiger partial charge in [0.15, 0.2) is 17.5 Å². The molecule has 40 heavy (non-hydrogen) atoms. The van der Waals surface area contributed by atoms with Gasteiger partial charge in [-0.2, -0.15) is 0 Å². The van der Waals surface area contributed by atoms with Gasteiger partial charge in [0.2, 0.25) is 0 Å². The molecule has 0 aliphatic carbocycles. The van der Waals surface area contributed by atoms with E-state index in [2.05, 4.69) is 72.8 Å². The largest absolute Gasteiger partial charge is 0.208 e. The van der Waals surface area contributed by atoms with Gasteiger partial charge in [0, 0.05) is 47.6 Å². The van der Waals surface area contributed by atoms with Crippen molar-refractivity contribution in [1.29, 1.82) is 0 Å². The molecule has 5 heteroatoms. The third-order valence-corrected chi connectivity index (χ3v) is 8.99. The molecule has 0 saturated heterocycles. The fourth-order valence-electron chi connectivity index (χ4n) is 5.56. The molecule has 0 N–H and O–H groups in total. The number of halogens is 1. The minimum Gasteiger partial charge on any atom is -0.208 e. The molecule has 188 valence electrons. The van der Waals surface area contributed by atoms with Crippen molar-refractivity contribution in [2.75, 3.05) is 0 Å². The lowest BCUT2D eigenvalue weighted by molar-refractivity contribution is 1.08. The van der Waals surface area contributed by atoms with Gasteiger partial charge in [0.25, 0.3) is 0 Å². The van der Waals surface area contributed by atoms with Crippen LogP contribution in [-0.4, -0.2) is 15.0 Å². The van der Waals surface area contributed by atoms with Crippen LogP contribution in [0.5, 0.6) is 0 Å². The average molecular weight is 550 g/mol. The van der Waals surface area contributed by atoms with Crippen LogP contribution in [0, 0.1) is 0 Å². The van der Waals surface area contributed by atoms with Gasteiger partial charge in [-0.05, 0) is 16.8 Å². The minimum atomic E-state index is 0.570. The molecule has 3 nitrogen and oxygen atoms in total. The third kappa shape index (κ3) is 3.61. The Labute approximate surface area is 239 Å². The summed E-state index contributed by atoms with van der Waals surface area (Å²) in [7, 11) is 0. The maximum absolute atomic E-state index is 7.31. The monoisotopic (exact) mass is 549 g/mol. The molecule has 0 spiro atoms. The molecular formula is C35H20ClN3S. The van der Waals surface area contributed by atoms with Gasteiger partial charge in [0.1, 0.15) is 0 Å². The lowest BCUT2D eigenvalue weighted by atomic mass is 9.99. The number of hydrogen-bond donors (Lipinski definition) is 0. The van der Waals surface area contributed by atoms with E-state index in [-0.39, 0.29) is 0 Å². The number of nitrogens with zero attached hydrogens (tertiary/aromatic N) is 3. The van der Waals surface area contributed by atoms with E-state index in [1.807, 2.05) is 48.5 Å². The Balaban J connectivity index is 1.52. The van der Waals surface area contributed by atoms with Crippen molar-refractivity contribution in [3.05, 3.63) is 126 Å². The second-order valence-corrected chi connectivity index (χ2v) is 11.2. The highest BCUT2D eigenvalue weighted by atomic mass is 35.5. The topological polar surface area (TPSA) is 38.7 Å². The number of thiophene rings is 1. The van der Waals surface area contributed by atoms with Gasteiger partial charge in [-0.15, -0.1) is 11.3 Å². The molecule has 0 aliphatic rings. The Morgan fingerprint density at radius 2 is 1.12 bits per heavy atom. The van der Waals surface area contributed by atoms with E-state index in [0.717, 1.165) is 49.0 Å². The zero-order valence-corrected chi connectivity index (χ0v) is 22.7. The first-order valence-corrected chi connectivity index (χ1v) is 14.3. The minimum absolute atomic E-state index is 0.570. The number of hydrogen-bond acceptors (Lipinski definition) is 4. The molecule has 0 saturated carbocycles. The Morgan fingerprint density at radius 1 is 0.500 bits per heavy atom. The van der Waals surface area contributed by atoms with Crippen LogP contribution in [0.15, 0.2) is 121 Å². The van der Waals surface area contributed by atoms with Gasteiger partial charge >= 0.3 is 0 Å². The normalized spacial score (nSPS) is 11.6. The SMILES string of the molecule is Clc1c(-c2nc(-c3ccccc3)nc(-c3cccc4ccccc34)n2)c2c3ccccc3sc2c2ccccc12. The molecule has 0 aliphatic heterocycles. The summed E-state index contributed by atoms with van der Waals surface area (Å²) in [6.45, 7) is 0.